The predicted molar refractivity (Wildman–Crippen MR) is 87.0 cm³/mol. The lowest BCUT2D eigenvalue weighted by Crippen LogP contribution is -2.42. The lowest BCUT2D eigenvalue weighted by atomic mass is 9.95. The van der Waals surface area contributed by atoms with Gasteiger partial charge in [-0.1, -0.05) is 43.5 Å². The minimum atomic E-state index is 0.580. The summed E-state index contributed by atoms with van der Waals surface area (Å²) in [6, 6.07) is 10.0. The molecule has 2 nitrogen and oxygen atoms in total. The van der Waals surface area contributed by atoms with Crippen LogP contribution in [0.5, 0.6) is 0 Å². The molecule has 0 aromatic heterocycles. The molecular weight excluding hydrogens is 244 g/mol. The van der Waals surface area contributed by atoms with E-state index in [4.69, 9.17) is 0 Å². The number of nitrogens with one attached hydrogen (secondary N) is 1. The van der Waals surface area contributed by atoms with Crippen LogP contribution in [0.25, 0.3) is 0 Å². The quantitative estimate of drug-likeness (QED) is 0.850. The first-order valence-electron chi connectivity index (χ1n) is 8.15. The van der Waals surface area contributed by atoms with Gasteiger partial charge >= 0.3 is 0 Å². The Morgan fingerprint density at radius 2 is 1.90 bits per heavy atom. The summed E-state index contributed by atoms with van der Waals surface area (Å²) in [5, 5.41) is 3.76. The third-order valence-corrected chi connectivity index (χ3v) is 4.74. The van der Waals surface area contributed by atoms with Crippen molar-refractivity contribution in [3.8, 4) is 0 Å². The number of aryl methyl sites for hydroxylation is 1. The van der Waals surface area contributed by atoms with Crippen LogP contribution in [0, 0.1) is 6.92 Å². The number of rotatable bonds is 6. The molecule has 112 valence electrons. The van der Waals surface area contributed by atoms with E-state index in [1.54, 1.807) is 0 Å². The van der Waals surface area contributed by atoms with Gasteiger partial charge in [0.15, 0.2) is 0 Å². The van der Waals surface area contributed by atoms with Gasteiger partial charge in [-0.05, 0) is 44.9 Å². The molecule has 2 rings (SSSR count). The SMILES string of the molecule is Cc1ccccc1CN(C)C(C)CNC1CCCCC1. The molecular formula is C18H30N2. The van der Waals surface area contributed by atoms with Crippen molar-refractivity contribution in [2.45, 2.75) is 64.6 Å². The molecule has 0 bridgehead atoms. The lowest BCUT2D eigenvalue weighted by Gasteiger charge is -2.29. The highest BCUT2D eigenvalue weighted by atomic mass is 15.1. The van der Waals surface area contributed by atoms with E-state index in [1.807, 2.05) is 0 Å². The van der Waals surface area contributed by atoms with E-state index in [9.17, 15) is 0 Å². The molecule has 0 aliphatic heterocycles. The number of benzene rings is 1. The zero-order valence-corrected chi connectivity index (χ0v) is 13.4. The van der Waals surface area contributed by atoms with Crippen LogP contribution in [0.15, 0.2) is 24.3 Å². The van der Waals surface area contributed by atoms with Gasteiger partial charge in [-0.15, -0.1) is 0 Å². The minimum absolute atomic E-state index is 0.580. The van der Waals surface area contributed by atoms with Gasteiger partial charge in [-0.3, -0.25) is 4.90 Å². The molecule has 0 heterocycles. The van der Waals surface area contributed by atoms with Crippen molar-refractivity contribution in [1.82, 2.24) is 10.2 Å². The molecule has 1 aromatic rings. The topological polar surface area (TPSA) is 15.3 Å². The van der Waals surface area contributed by atoms with E-state index in [-0.39, 0.29) is 0 Å². The summed E-state index contributed by atoms with van der Waals surface area (Å²) < 4.78 is 0. The van der Waals surface area contributed by atoms with Gasteiger partial charge in [0.1, 0.15) is 0 Å². The van der Waals surface area contributed by atoms with Crippen LogP contribution in [0.3, 0.4) is 0 Å². The van der Waals surface area contributed by atoms with Gasteiger partial charge in [0, 0.05) is 25.2 Å². The number of nitrogens with zero attached hydrogens (tertiary/aromatic N) is 1. The highest BCUT2D eigenvalue weighted by Gasteiger charge is 2.15. The Balaban J connectivity index is 1.76. The first-order chi connectivity index (χ1) is 9.66. The van der Waals surface area contributed by atoms with Crippen LogP contribution in [-0.4, -0.2) is 30.6 Å². The van der Waals surface area contributed by atoms with E-state index >= 15 is 0 Å². The summed E-state index contributed by atoms with van der Waals surface area (Å²) in [6.45, 7) is 6.68. The third kappa shape index (κ3) is 4.60. The fourth-order valence-corrected chi connectivity index (χ4v) is 3.01. The second-order valence-corrected chi connectivity index (χ2v) is 6.43. The van der Waals surface area contributed by atoms with Crippen molar-refractivity contribution in [2.75, 3.05) is 13.6 Å². The highest BCUT2D eigenvalue weighted by molar-refractivity contribution is 5.25. The Hall–Kier alpha value is -0.860. The molecule has 20 heavy (non-hydrogen) atoms. The fourth-order valence-electron chi connectivity index (χ4n) is 3.01. The first kappa shape index (κ1) is 15.5. The Morgan fingerprint density at radius 1 is 1.20 bits per heavy atom. The Bertz CT molecular complexity index is 396. The second kappa shape index (κ2) is 7.80. The van der Waals surface area contributed by atoms with Gasteiger partial charge < -0.3 is 5.32 Å². The van der Waals surface area contributed by atoms with Crippen molar-refractivity contribution < 1.29 is 0 Å². The zero-order valence-electron chi connectivity index (χ0n) is 13.4. The summed E-state index contributed by atoms with van der Waals surface area (Å²) >= 11 is 0. The van der Waals surface area contributed by atoms with Gasteiger partial charge in [-0.25, -0.2) is 0 Å². The van der Waals surface area contributed by atoms with Crippen molar-refractivity contribution >= 4 is 0 Å². The molecule has 2 heteroatoms. The van der Waals surface area contributed by atoms with Crippen molar-refractivity contribution in [1.29, 1.82) is 0 Å². The maximum atomic E-state index is 3.76. The molecule has 1 unspecified atom stereocenters. The Kier molecular flexibility index (Phi) is 6.06. The van der Waals surface area contributed by atoms with Crippen molar-refractivity contribution in [3.63, 3.8) is 0 Å². The first-order valence-corrected chi connectivity index (χ1v) is 8.15. The molecule has 1 fully saturated rings. The normalized spacial score (nSPS) is 18.4. The van der Waals surface area contributed by atoms with Gasteiger partial charge in [0.25, 0.3) is 0 Å². The minimum Gasteiger partial charge on any atom is -0.312 e. The number of hydrogen-bond donors (Lipinski definition) is 1. The van der Waals surface area contributed by atoms with E-state index in [2.05, 4.69) is 55.4 Å². The largest absolute Gasteiger partial charge is 0.312 e. The lowest BCUT2D eigenvalue weighted by molar-refractivity contribution is 0.229. The average Bonchev–Trinajstić information content (AvgIpc) is 2.48. The molecule has 0 saturated heterocycles. The second-order valence-electron chi connectivity index (χ2n) is 6.43. The van der Waals surface area contributed by atoms with Crippen LogP contribution in [0.4, 0.5) is 0 Å². The monoisotopic (exact) mass is 274 g/mol. The third-order valence-electron chi connectivity index (χ3n) is 4.74. The summed E-state index contributed by atoms with van der Waals surface area (Å²) in [7, 11) is 2.24. The van der Waals surface area contributed by atoms with Crippen molar-refractivity contribution in [3.05, 3.63) is 35.4 Å². The van der Waals surface area contributed by atoms with Crippen LogP contribution < -0.4 is 5.32 Å². The maximum absolute atomic E-state index is 3.76. The average molecular weight is 274 g/mol. The Morgan fingerprint density at radius 3 is 2.60 bits per heavy atom. The molecule has 1 saturated carbocycles. The highest BCUT2D eigenvalue weighted by Crippen LogP contribution is 2.17. The van der Waals surface area contributed by atoms with Gasteiger partial charge in [0.05, 0.1) is 0 Å². The molecule has 0 amide bonds. The molecule has 0 spiro atoms. The smallest absolute Gasteiger partial charge is 0.0236 e. The van der Waals surface area contributed by atoms with Gasteiger partial charge in [0.2, 0.25) is 0 Å². The van der Waals surface area contributed by atoms with E-state index in [1.165, 1.54) is 43.2 Å². The van der Waals surface area contributed by atoms with Crippen LogP contribution in [-0.2, 0) is 6.54 Å². The van der Waals surface area contributed by atoms with Crippen molar-refractivity contribution in [2.24, 2.45) is 0 Å². The molecule has 1 atom stereocenters. The van der Waals surface area contributed by atoms with E-state index in [0.717, 1.165) is 19.1 Å². The summed E-state index contributed by atoms with van der Waals surface area (Å²) in [6.07, 6.45) is 6.99. The summed E-state index contributed by atoms with van der Waals surface area (Å²) in [5.74, 6) is 0. The molecule has 1 aromatic carbocycles. The standard InChI is InChI=1S/C18H30N2/c1-15-9-7-8-10-17(15)14-20(3)16(2)13-19-18-11-5-4-6-12-18/h7-10,16,18-19H,4-6,11-14H2,1-3H3. The predicted octanol–water partition coefficient (Wildman–Crippen LogP) is 3.74. The Labute approximate surface area is 124 Å². The summed E-state index contributed by atoms with van der Waals surface area (Å²) in [5.41, 5.74) is 2.84. The van der Waals surface area contributed by atoms with Gasteiger partial charge in [-0.2, -0.15) is 0 Å². The van der Waals surface area contributed by atoms with Crippen LogP contribution >= 0.6 is 0 Å². The molecule has 1 aliphatic carbocycles. The van der Waals surface area contributed by atoms with E-state index < -0.39 is 0 Å². The number of hydrogen-bond acceptors (Lipinski definition) is 2. The molecule has 0 radical (unpaired) electrons. The van der Waals surface area contributed by atoms with Crippen LogP contribution in [0.2, 0.25) is 0 Å². The fraction of sp³-hybridized carbons (Fsp3) is 0.667. The summed E-state index contributed by atoms with van der Waals surface area (Å²) in [4.78, 5) is 2.46. The number of likely N-dealkylation sites (N-methyl/N-ethyl adjacent to an activating group) is 1. The van der Waals surface area contributed by atoms with E-state index in [0.29, 0.717) is 6.04 Å². The van der Waals surface area contributed by atoms with Crippen LogP contribution in [0.1, 0.15) is 50.2 Å². The maximum Gasteiger partial charge on any atom is 0.0236 e. The molecule has 1 aliphatic rings. The molecule has 1 N–H and O–H groups in total. The zero-order chi connectivity index (χ0) is 14.4.